The molecule has 1 aromatic carbocycles. The van der Waals surface area contributed by atoms with Crippen LogP contribution in [0.2, 0.25) is 0 Å². The first kappa shape index (κ1) is 18.8. The predicted molar refractivity (Wildman–Crippen MR) is 106 cm³/mol. The third kappa shape index (κ3) is 4.31. The summed E-state index contributed by atoms with van der Waals surface area (Å²) in [6.45, 7) is 6.08. The molecule has 0 radical (unpaired) electrons. The highest BCUT2D eigenvalue weighted by Crippen LogP contribution is 2.34. The van der Waals surface area contributed by atoms with Crippen LogP contribution in [0.25, 0.3) is 0 Å². The van der Waals surface area contributed by atoms with Gasteiger partial charge >= 0.3 is 0 Å². The van der Waals surface area contributed by atoms with Crippen LogP contribution in [-0.2, 0) is 9.47 Å². The first-order valence-corrected chi connectivity index (χ1v) is 10.5. The van der Waals surface area contributed by atoms with Crippen molar-refractivity contribution in [2.45, 2.75) is 12.1 Å². The van der Waals surface area contributed by atoms with E-state index in [1.54, 1.807) is 11.3 Å². The van der Waals surface area contributed by atoms with Crippen LogP contribution in [0, 0.1) is 0 Å². The molecule has 5 nitrogen and oxygen atoms in total. The summed E-state index contributed by atoms with van der Waals surface area (Å²) >= 11 is 1.74. The van der Waals surface area contributed by atoms with E-state index in [1.807, 2.05) is 30.3 Å². The highest BCUT2D eigenvalue weighted by atomic mass is 32.1. The largest absolute Gasteiger partial charge is 0.379 e. The fourth-order valence-corrected chi connectivity index (χ4v) is 4.88. The third-order valence-electron chi connectivity index (χ3n) is 5.34. The number of rotatable bonds is 6. The molecule has 0 amide bonds. The summed E-state index contributed by atoms with van der Waals surface area (Å²) < 4.78 is 11.1. The molecule has 0 saturated carbocycles. The lowest BCUT2D eigenvalue weighted by Crippen LogP contribution is -2.55. The Balaban J connectivity index is 1.72. The first-order valence-electron chi connectivity index (χ1n) is 9.61. The predicted octanol–water partition coefficient (Wildman–Crippen LogP) is 2.71. The van der Waals surface area contributed by atoms with E-state index in [2.05, 4.69) is 27.3 Å². The zero-order valence-corrected chi connectivity index (χ0v) is 16.3. The quantitative estimate of drug-likeness (QED) is 0.714. The van der Waals surface area contributed by atoms with Gasteiger partial charge in [-0.1, -0.05) is 36.4 Å². The van der Waals surface area contributed by atoms with Crippen LogP contribution in [0.15, 0.2) is 47.8 Å². The third-order valence-corrected chi connectivity index (χ3v) is 6.28. The summed E-state index contributed by atoms with van der Waals surface area (Å²) in [4.78, 5) is 19.7. The summed E-state index contributed by atoms with van der Waals surface area (Å²) in [6.07, 6.45) is 0. The van der Waals surface area contributed by atoms with Crippen LogP contribution >= 0.6 is 11.3 Å². The lowest BCUT2D eigenvalue weighted by molar-refractivity contribution is -0.0294. The SMILES string of the molecule is O=C(c1ccccc1)C(C(c1cccs1)N1CCOCC1)N1CCOCC1. The molecule has 4 rings (SSSR count). The Kier molecular flexibility index (Phi) is 6.32. The van der Waals surface area contributed by atoms with E-state index in [-0.39, 0.29) is 17.9 Å². The molecule has 0 N–H and O–H groups in total. The molecule has 2 atom stereocenters. The van der Waals surface area contributed by atoms with Crippen molar-refractivity contribution < 1.29 is 14.3 Å². The van der Waals surface area contributed by atoms with E-state index >= 15 is 0 Å². The van der Waals surface area contributed by atoms with Crippen LogP contribution in [-0.4, -0.2) is 74.2 Å². The maximum atomic E-state index is 13.7. The maximum absolute atomic E-state index is 13.7. The van der Waals surface area contributed by atoms with Gasteiger partial charge in [-0.15, -0.1) is 11.3 Å². The molecule has 2 aromatic rings. The Morgan fingerprint density at radius 2 is 1.48 bits per heavy atom. The highest BCUT2D eigenvalue weighted by Gasteiger charge is 2.40. The molecule has 2 fully saturated rings. The van der Waals surface area contributed by atoms with Crippen molar-refractivity contribution >= 4 is 17.1 Å². The molecule has 0 bridgehead atoms. The van der Waals surface area contributed by atoms with Gasteiger partial charge in [0.1, 0.15) is 0 Å². The number of benzene rings is 1. The fraction of sp³-hybridized carbons (Fsp3) is 0.476. The Morgan fingerprint density at radius 1 is 0.852 bits per heavy atom. The van der Waals surface area contributed by atoms with Crippen LogP contribution < -0.4 is 0 Å². The summed E-state index contributed by atoms with van der Waals surface area (Å²) in [6, 6.07) is 13.8. The van der Waals surface area contributed by atoms with E-state index in [0.717, 1.165) is 45.0 Å². The van der Waals surface area contributed by atoms with Crippen molar-refractivity contribution in [1.29, 1.82) is 0 Å². The van der Waals surface area contributed by atoms with E-state index in [0.29, 0.717) is 13.2 Å². The molecular formula is C21H26N2O3S. The number of ether oxygens (including phenoxy) is 2. The van der Waals surface area contributed by atoms with Crippen LogP contribution in [0.3, 0.4) is 0 Å². The normalized spacial score (nSPS) is 21.6. The van der Waals surface area contributed by atoms with E-state index < -0.39 is 0 Å². The van der Waals surface area contributed by atoms with Crippen LogP contribution in [0.5, 0.6) is 0 Å². The van der Waals surface area contributed by atoms with Crippen molar-refractivity contribution in [3.05, 3.63) is 58.3 Å². The molecule has 6 heteroatoms. The fourth-order valence-electron chi connectivity index (χ4n) is 3.99. The Labute approximate surface area is 164 Å². The number of carbonyl (C=O) groups is 1. The molecule has 0 aliphatic carbocycles. The van der Waals surface area contributed by atoms with Crippen molar-refractivity contribution in [3.63, 3.8) is 0 Å². The standard InChI is InChI=1S/C21H26N2O3S/c24-21(17-5-2-1-3-6-17)20(23-10-14-26-15-11-23)19(18-7-4-16-27-18)22-8-12-25-13-9-22/h1-7,16,19-20H,8-15H2. The molecule has 2 saturated heterocycles. The van der Waals surface area contributed by atoms with Gasteiger partial charge in [-0.05, 0) is 11.4 Å². The van der Waals surface area contributed by atoms with E-state index in [4.69, 9.17) is 9.47 Å². The van der Waals surface area contributed by atoms with Gasteiger partial charge < -0.3 is 9.47 Å². The topological polar surface area (TPSA) is 42.0 Å². The molecule has 144 valence electrons. The van der Waals surface area contributed by atoms with Crippen molar-refractivity contribution in [1.82, 2.24) is 9.80 Å². The van der Waals surface area contributed by atoms with Crippen LogP contribution in [0.1, 0.15) is 21.3 Å². The van der Waals surface area contributed by atoms with Gasteiger partial charge in [-0.25, -0.2) is 0 Å². The molecular weight excluding hydrogens is 360 g/mol. The second kappa shape index (κ2) is 9.08. The Hall–Kier alpha value is -1.57. The number of carbonyl (C=O) groups excluding carboxylic acids is 1. The number of morpholine rings is 2. The van der Waals surface area contributed by atoms with Crippen molar-refractivity contribution in [2.75, 3.05) is 52.6 Å². The van der Waals surface area contributed by atoms with Gasteiger partial charge in [0.2, 0.25) is 0 Å². The molecule has 2 aliphatic heterocycles. The number of hydrogen-bond acceptors (Lipinski definition) is 6. The molecule has 2 aliphatic rings. The number of nitrogens with zero attached hydrogens (tertiary/aromatic N) is 2. The lowest BCUT2D eigenvalue weighted by atomic mass is 9.93. The number of ketones is 1. The molecule has 0 spiro atoms. The number of Topliss-reactive ketones (excluding diaryl/α,β-unsaturated/α-hetero) is 1. The second-order valence-electron chi connectivity index (χ2n) is 6.93. The first-order chi connectivity index (χ1) is 13.3. The average molecular weight is 387 g/mol. The smallest absolute Gasteiger partial charge is 0.181 e. The molecule has 2 unspecified atom stereocenters. The van der Waals surface area contributed by atoms with Gasteiger partial charge in [0.15, 0.2) is 5.78 Å². The van der Waals surface area contributed by atoms with E-state index in [9.17, 15) is 4.79 Å². The lowest BCUT2D eigenvalue weighted by Gasteiger charge is -2.43. The van der Waals surface area contributed by atoms with Crippen LogP contribution in [0.4, 0.5) is 0 Å². The van der Waals surface area contributed by atoms with Crippen molar-refractivity contribution in [3.8, 4) is 0 Å². The zero-order valence-electron chi connectivity index (χ0n) is 15.5. The minimum atomic E-state index is -0.215. The van der Waals surface area contributed by atoms with Crippen molar-refractivity contribution in [2.24, 2.45) is 0 Å². The van der Waals surface area contributed by atoms with Gasteiger partial charge in [-0.3, -0.25) is 14.6 Å². The molecule has 1 aromatic heterocycles. The second-order valence-corrected chi connectivity index (χ2v) is 7.91. The summed E-state index contributed by atoms with van der Waals surface area (Å²) in [5.41, 5.74) is 0.781. The minimum absolute atomic E-state index is 0.0414. The Bertz CT molecular complexity index is 710. The van der Waals surface area contributed by atoms with Gasteiger partial charge in [0.25, 0.3) is 0 Å². The van der Waals surface area contributed by atoms with E-state index in [1.165, 1.54) is 4.88 Å². The van der Waals surface area contributed by atoms with Gasteiger partial charge in [0.05, 0.1) is 38.5 Å². The summed E-state index contributed by atoms with van der Waals surface area (Å²) in [5, 5.41) is 2.10. The monoisotopic (exact) mass is 386 g/mol. The highest BCUT2D eigenvalue weighted by molar-refractivity contribution is 7.10. The number of thiophene rings is 1. The van der Waals surface area contributed by atoms with Gasteiger partial charge in [-0.2, -0.15) is 0 Å². The Morgan fingerprint density at radius 3 is 2.07 bits per heavy atom. The maximum Gasteiger partial charge on any atom is 0.181 e. The summed E-state index contributed by atoms with van der Waals surface area (Å²) in [7, 11) is 0. The minimum Gasteiger partial charge on any atom is -0.379 e. The molecule has 3 heterocycles. The number of hydrogen-bond donors (Lipinski definition) is 0. The zero-order chi connectivity index (χ0) is 18.5. The molecule has 27 heavy (non-hydrogen) atoms. The average Bonchev–Trinajstić information content (AvgIpc) is 3.28. The summed E-state index contributed by atoms with van der Waals surface area (Å²) in [5.74, 6) is 0.197. The van der Waals surface area contributed by atoms with Gasteiger partial charge in [0, 0.05) is 36.6 Å².